The van der Waals surface area contributed by atoms with Crippen molar-refractivity contribution in [2.45, 2.75) is 29.4 Å². The Morgan fingerprint density at radius 1 is 1.12 bits per heavy atom. The number of rotatable bonds is 5. The number of carbonyl (C=O) groups is 1. The molecule has 2 aromatic carbocycles. The number of fused-ring (bicyclic) bond motifs is 1. The van der Waals surface area contributed by atoms with Crippen LogP contribution < -0.4 is 0 Å². The van der Waals surface area contributed by atoms with E-state index in [2.05, 4.69) is 15.1 Å². The van der Waals surface area contributed by atoms with Crippen molar-refractivity contribution in [1.29, 1.82) is 0 Å². The predicted molar refractivity (Wildman–Crippen MR) is 130 cm³/mol. The fourth-order valence-corrected chi connectivity index (χ4v) is 6.60. The molecule has 0 unspecified atom stereocenters. The average Bonchev–Trinajstić information content (AvgIpc) is 3.47. The van der Waals surface area contributed by atoms with Crippen molar-refractivity contribution in [2.24, 2.45) is 7.05 Å². The Hall–Kier alpha value is -3.04. The van der Waals surface area contributed by atoms with Gasteiger partial charge in [0, 0.05) is 43.4 Å². The molecule has 1 saturated heterocycles. The lowest BCUT2D eigenvalue weighted by atomic mass is 9.89. The van der Waals surface area contributed by atoms with E-state index in [9.17, 15) is 17.6 Å². The van der Waals surface area contributed by atoms with Crippen LogP contribution in [0, 0.1) is 5.82 Å². The molecular weight excluding hydrogens is 473 g/mol. The molecule has 1 aliphatic heterocycles. The summed E-state index contributed by atoms with van der Waals surface area (Å²) < 4.78 is 45.1. The van der Waals surface area contributed by atoms with Gasteiger partial charge in [-0.25, -0.2) is 17.2 Å². The number of halogens is 1. The molecule has 0 bridgehead atoms. The fraction of sp³-hybridized carbons (Fsp3) is 0.280. The Labute approximate surface area is 201 Å². The van der Waals surface area contributed by atoms with E-state index < -0.39 is 15.7 Å². The number of hydrogen-bond donors (Lipinski definition) is 0. The lowest BCUT2D eigenvalue weighted by Crippen LogP contribution is -2.37. The van der Waals surface area contributed by atoms with Gasteiger partial charge < -0.3 is 9.47 Å². The maximum absolute atomic E-state index is 13.2. The summed E-state index contributed by atoms with van der Waals surface area (Å²) in [6.45, 7) is 1.35. The van der Waals surface area contributed by atoms with Crippen molar-refractivity contribution < 1.29 is 17.6 Å². The maximum atomic E-state index is 13.2. The minimum atomic E-state index is -3.59. The van der Waals surface area contributed by atoms with E-state index in [0.717, 1.165) is 35.9 Å². The highest BCUT2D eigenvalue weighted by Gasteiger charge is 2.27. The van der Waals surface area contributed by atoms with Crippen molar-refractivity contribution in [1.82, 2.24) is 13.8 Å². The van der Waals surface area contributed by atoms with Gasteiger partial charge in [0.15, 0.2) is 9.84 Å². The highest BCUT2D eigenvalue weighted by atomic mass is 32.2. The minimum absolute atomic E-state index is 0.0344. The molecule has 6 nitrogen and oxygen atoms in total. The van der Waals surface area contributed by atoms with Gasteiger partial charge >= 0.3 is 0 Å². The van der Waals surface area contributed by atoms with Crippen molar-refractivity contribution >= 4 is 38.2 Å². The SMILES string of the molecule is Cn1cc(C2CCN(C(=O)c3ccns3)CC2)c2cc(CS(=O)(=O)c3ccc(F)cc3)ccc21. The third kappa shape index (κ3) is 4.37. The number of sulfone groups is 1. The monoisotopic (exact) mass is 497 g/mol. The van der Waals surface area contributed by atoms with E-state index in [1.54, 1.807) is 12.3 Å². The van der Waals surface area contributed by atoms with Crippen molar-refractivity contribution in [2.75, 3.05) is 13.1 Å². The van der Waals surface area contributed by atoms with Gasteiger partial charge in [-0.15, -0.1) is 0 Å². The summed E-state index contributed by atoms with van der Waals surface area (Å²) in [5.74, 6) is -0.288. The number of hydrogen-bond acceptors (Lipinski definition) is 5. The van der Waals surface area contributed by atoms with Crippen LogP contribution in [-0.2, 0) is 22.6 Å². The van der Waals surface area contributed by atoms with Gasteiger partial charge in [0.2, 0.25) is 0 Å². The second-order valence-electron chi connectivity index (χ2n) is 8.70. The Morgan fingerprint density at radius 3 is 2.53 bits per heavy atom. The van der Waals surface area contributed by atoms with Crippen LogP contribution in [-0.4, -0.2) is 41.3 Å². The van der Waals surface area contributed by atoms with Gasteiger partial charge in [-0.2, -0.15) is 0 Å². The van der Waals surface area contributed by atoms with E-state index in [1.165, 1.54) is 29.2 Å². The van der Waals surface area contributed by atoms with Gasteiger partial charge in [-0.05, 0) is 83.9 Å². The second kappa shape index (κ2) is 8.96. The van der Waals surface area contributed by atoms with E-state index >= 15 is 0 Å². The van der Waals surface area contributed by atoms with Crippen LogP contribution in [0.1, 0.15) is 39.6 Å². The number of nitrogens with zero attached hydrogens (tertiary/aromatic N) is 3. The van der Waals surface area contributed by atoms with E-state index in [1.807, 2.05) is 30.1 Å². The highest BCUT2D eigenvalue weighted by molar-refractivity contribution is 7.90. The molecule has 0 saturated carbocycles. The summed E-state index contributed by atoms with van der Waals surface area (Å²) in [5, 5.41) is 1.04. The van der Waals surface area contributed by atoms with Crippen LogP contribution in [0.15, 0.2) is 65.8 Å². The number of likely N-dealkylation sites (tertiary alicyclic amines) is 1. The molecule has 9 heteroatoms. The molecule has 176 valence electrons. The quantitative estimate of drug-likeness (QED) is 0.373. The Kier molecular flexibility index (Phi) is 5.99. The molecule has 5 rings (SSSR count). The molecule has 0 radical (unpaired) electrons. The molecule has 1 amide bonds. The first-order valence-electron chi connectivity index (χ1n) is 11.1. The molecule has 0 aliphatic carbocycles. The molecule has 0 N–H and O–H groups in total. The lowest BCUT2D eigenvalue weighted by molar-refractivity contribution is 0.0718. The standard InChI is InChI=1S/C25H24FN3O3S2/c1-28-15-22(18-9-12-29(13-10-18)25(30)24-8-11-27-33-24)21-14-17(2-7-23(21)28)16-34(31,32)20-5-3-19(26)4-6-20/h2-8,11,14-15,18H,9-10,12-13,16H2,1H3. The number of aromatic nitrogens is 2. The zero-order valence-electron chi connectivity index (χ0n) is 18.6. The number of piperidine rings is 1. The summed E-state index contributed by atoms with van der Waals surface area (Å²) in [4.78, 5) is 15.3. The highest BCUT2D eigenvalue weighted by Crippen LogP contribution is 2.35. The first-order valence-corrected chi connectivity index (χ1v) is 13.5. The third-order valence-corrected chi connectivity index (χ3v) is 8.92. The summed E-state index contributed by atoms with van der Waals surface area (Å²) in [6, 6.07) is 12.4. The van der Waals surface area contributed by atoms with E-state index in [4.69, 9.17) is 0 Å². The van der Waals surface area contributed by atoms with Gasteiger partial charge in [0.05, 0.1) is 10.6 Å². The molecular formula is C25H24FN3O3S2. The minimum Gasteiger partial charge on any atom is -0.350 e. The van der Waals surface area contributed by atoms with Gasteiger partial charge in [-0.3, -0.25) is 4.79 Å². The molecule has 0 spiro atoms. The van der Waals surface area contributed by atoms with Crippen molar-refractivity contribution in [3.05, 3.63) is 82.7 Å². The zero-order valence-corrected chi connectivity index (χ0v) is 20.3. The first-order chi connectivity index (χ1) is 16.3. The van der Waals surface area contributed by atoms with E-state index in [-0.39, 0.29) is 22.5 Å². The molecule has 2 aromatic heterocycles. The number of carbonyl (C=O) groups excluding carboxylic acids is 1. The van der Waals surface area contributed by atoms with Crippen LogP contribution in [0.2, 0.25) is 0 Å². The Balaban J connectivity index is 1.37. The normalized spacial score (nSPS) is 15.2. The van der Waals surface area contributed by atoms with Gasteiger partial charge in [-0.1, -0.05) is 6.07 Å². The third-order valence-electron chi connectivity index (χ3n) is 6.48. The number of benzene rings is 2. The molecule has 3 heterocycles. The second-order valence-corrected chi connectivity index (χ2v) is 11.5. The van der Waals surface area contributed by atoms with Crippen LogP contribution in [0.4, 0.5) is 4.39 Å². The van der Waals surface area contributed by atoms with E-state index in [0.29, 0.717) is 23.5 Å². The Morgan fingerprint density at radius 2 is 1.85 bits per heavy atom. The topological polar surface area (TPSA) is 72.3 Å². The lowest BCUT2D eigenvalue weighted by Gasteiger charge is -2.31. The largest absolute Gasteiger partial charge is 0.350 e. The van der Waals surface area contributed by atoms with Crippen LogP contribution in [0.3, 0.4) is 0 Å². The Bertz CT molecular complexity index is 1440. The smallest absolute Gasteiger partial charge is 0.265 e. The zero-order chi connectivity index (χ0) is 23.9. The fourth-order valence-electron chi connectivity index (χ4n) is 4.70. The molecule has 1 aliphatic rings. The molecule has 4 aromatic rings. The van der Waals surface area contributed by atoms with Crippen LogP contribution in [0.5, 0.6) is 0 Å². The summed E-state index contributed by atoms with van der Waals surface area (Å²) in [5.41, 5.74) is 2.92. The van der Waals surface area contributed by atoms with Gasteiger partial charge in [0.1, 0.15) is 10.7 Å². The average molecular weight is 498 g/mol. The summed E-state index contributed by atoms with van der Waals surface area (Å²) in [7, 11) is -1.60. The molecule has 1 fully saturated rings. The van der Waals surface area contributed by atoms with Crippen molar-refractivity contribution in [3.63, 3.8) is 0 Å². The van der Waals surface area contributed by atoms with Crippen LogP contribution in [0.25, 0.3) is 10.9 Å². The number of amides is 1. The molecule has 0 atom stereocenters. The first kappa shape index (κ1) is 22.7. The van der Waals surface area contributed by atoms with Crippen LogP contribution >= 0.6 is 11.5 Å². The predicted octanol–water partition coefficient (Wildman–Crippen LogP) is 4.77. The maximum Gasteiger partial charge on any atom is 0.265 e. The molecule has 34 heavy (non-hydrogen) atoms. The van der Waals surface area contributed by atoms with Crippen molar-refractivity contribution in [3.8, 4) is 0 Å². The summed E-state index contributed by atoms with van der Waals surface area (Å²) >= 11 is 1.22. The van der Waals surface area contributed by atoms with Gasteiger partial charge in [0.25, 0.3) is 5.91 Å². The summed E-state index contributed by atoms with van der Waals surface area (Å²) in [6.07, 6.45) is 5.46. The number of aryl methyl sites for hydroxylation is 1.